The predicted molar refractivity (Wildman–Crippen MR) is 95.6 cm³/mol. The Morgan fingerprint density at radius 1 is 1.22 bits per heavy atom. The number of methoxy groups -OCH3 is 1. The normalized spacial score (nSPS) is 11.0. The van der Waals surface area contributed by atoms with Crippen molar-refractivity contribution >= 4 is 35.1 Å². The fourth-order valence-electron chi connectivity index (χ4n) is 2.54. The van der Waals surface area contributed by atoms with Crippen molar-refractivity contribution in [3.8, 4) is 11.4 Å². The summed E-state index contributed by atoms with van der Waals surface area (Å²) in [5.74, 6) is 0.647. The molecule has 118 valence electrons. The van der Waals surface area contributed by atoms with Crippen molar-refractivity contribution in [1.29, 1.82) is 0 Å². The summed E-state index contributed by atoms with van der Waals surface area (Å²) in [7, 11) is 1.58. The van der Waals surface area contributed by atoms with E-state index in [4.69, 9.17) is 16.3 Å². The first-order chi connectivity index (χ1) is 10.9. The fraction of sp³-hybridized carbons (Fsp3) is 0.176. The van der Waals surface area contributed by atoms with Gasteiger partial charge < -0.3 is 4.74 Å². The maximum Gasteiger partial charge on any atom is 0.266 e. The lowest BCUT2D eigenvalue weighted by Gasteiger charge is -2.14. The van der Waals surface area contributed by atoms with Crippen LogP contribution in [0.15, 0.2) is 40.3 Å². The first-order valence-electron chi connectivity index (χ1n) is 6.99. The lowest BCUT2D eigenvalue weighted by atomic mass is 10.1. The summed E-state index contributed by atoms with van der Waals surface area (Å²) in [6.45, 7) is 3.82. The summed E-state index contributed by atoms with van der Waals surface area (Å²) < 4.78 is 6.73. The molecule has 4 nitrogen and oxygen atoms in total. The second kappa shape index (κ2) is 5.91. The van der Waals surface area contributed by atoms with Gasteiger partial charge in [-0.25, -0.2) is 4.98 Å². The topological polar surface area (TPSA) is 44.1 Å². The molecule has 0 aliphatic rings. The minimum Gasteiger partial charge on any atom is -0.496 e. The summed E-state index contributed by atoms with van der Waals surface area (Å²) in [6.07, 6.45) is 0. The van der Waals surface area contributed by atoms with Gasteiger partial charge in [0.15, 0.2) is 5.16 Å². The molecule has 0 unspecified atom stereocenters. The summed E-state index contributed by atoms with van der Waals surface area (Å²) in [5, 5.41) is 1.24. The van der Waals surface area contributed by atoms with Gasteiger partial charge in [0.2, 0.25) is 0 Å². The molecule has 3 rings (SSSR count). The summed E-state index contributed by atoms with van der Waals surface area (Å²) in [6, 6.07) is 9.02. The Hall–Kier alpha value is -1.98. The second-order valence-electron chi connectivity index (χ2n) is 5.35. The third-order valence-corrected chi connectivity index (χ3v) is 4.31. The van der Waals surface area contributed by atoms with Crippen molar-refractivity contribution in [3.63, 3.8) is 0 Å². The monoisotopic (exact) mass is 346 g/mol. The average Bonchev–Trinajstić information content (AvgIpc) is 2.50. The van der Waals surface area contributed by atoms with Gasteiger partial charge in [-0.15, -0.1) is 12.6 Å². The van der Waals surface area contributed by atoms with Crippen LogP contribution in [0.25, 0.3) is 16.6 Å². The highest BCUT2D eigenvalue weighted by Crippen LogP contribution is 2.30. The maximum absolute atomic E-state index is 12.9. The molecule has 0 radical (unpaired) electrons. The van der Waals surface area contributed by atoms with Crippen molar-refractivity contribution < 1.29 is 4.74 Å². The van der Waals surface area contributed by atoms with Crippen molar-refractivity contribution in [1.82, 2.24) is 9.55 Å². The number of hydrogen-bond donors (Lipinski definition) is 1. The number of fused-ring (bicyclic) bond motifs is 1. The van der Waals surface area contributed by atoms with Crippen LogP contribution in [-0.4, -0.2) is 16.7 Å². The molecule has 0 spiro atoms. The smallest absolute Gasteiger partial charge is 0.266 e. The molecule has 2 aromatic carbocycles. The molecule has 6 heteroatoms. The molecule has 0 aliphatic carbocycles. The van der Waals surface area contributed by atoms with Crippen molar-refractivity contribution in [2.75, 3.05) is 7.11 Å². The largest absolute Gasteiger partial charge is 0.496 e. The predicted octanol–water partition coefficient (Wildman–Crippen LogP) is 3.95. The highest BCUT2D eigenvalue weighted by atomic mass is 35.5. The average molecular weight is 347 g/mol. The molecule has 23 heavy (non-hydrogen) atoms. The minimum atomic E-state index is -0.212. The molecule has 0 saturated heterocycles. The van der Waals surface area contributed by atoms with Crippen LogP contribution in [0, 0.1) is 13.8 Å². The first kappa shape index (κ1) is 15.9. The summed E-state index contributed by atoms with van der Waals surface area (Å²) in [4.78, 5) is 17.3. The highest BCUT2D eigenvalue weighted by Gasteiger charge is 2.15. The molecule has 0 bridgehead atoms. The van der Waals surface area contributed by atoms with Crippen LogP contribution in [0.3, 0.4) is 0 Å². The minimum absolute atomic E-state index is 0.212. The molecule has 3 aromatic rings. The number of ether oxygens (including phenoxy) is 1. The Kier molecular flexibility index (Phi) is 4.08. The molecular formula is C17H15ClN2O2S. The number of aromatic nitrogens is 2. The van der Waals surface area contributed by atoms with E-state index < -0.39 is 0 Å². The molecule has 0 fully saturated rings. The lowest BCUT2D eigenvalue weighted by molar-refractivity contribution is 0.411. The quantitative estimate of drug-likeness (QED) is 0.564. The van der Waals surface area contributed by atoms with Crippen LogP contribution in [0.1, 0.15) is 11.1 Å². The zero-order valence-corrected chi connectivity index (χ0v) is 14.6. The van der Waals surface area contributed by atoms with Crippen LogP contribution in [0.4, 0.5) is 0 Å². The van der Waals surface area contributed by atoms with E-state index in [-0.39, 0.29) is 10.7 Å². The van der Waals surface area contributed by atoms with E-state index in [1.165, 1.54) is 4.57 Å². The number of hydrogen-bond acceptors (Lipinski definition) is 4. The van der Waals surface area contributed by atoms with Gasteiger partial charge in [0, 0.05) is 6.07 Å². The van der Waals surface area contributed by atoms with E-state index in [2.05, 4.69) is 17.6 Å². The van der Waals surface area contributed by atoms with E-state index in [1.807, 2.05) is 32.0 Å². The Labute approximate surface area is 144 Å². The van der Waals surface area contributed by atoms with Crippen molar-refractivity contribution in [2.24, 2.45) is 0 Å². The Morgan fingerprint density at radius 3 is 2.65 bits per heavy atom. The zero-order chi connectivity index (χ0) is 16.7. The van der Waals surface area contributed by atoms with Gasteiger partial charge in [-0.3, -0.25) is 9.36 Å². The zero-order valence-electron chi connectivity index (χ0n) is 12.9. The number of thiol groups is 1. The SMILES string of the molecule is COc1cc(-n2c(S)nc3ccc(C)cc3c2=O)c(Cl)cc1C. The second-order valence-corrected chi connectivity index (χ2v) is 6.15. The molecule has 0 aliphatic heterocycles. The van der Waals surface area contributed by atoms with E-state index in [9.17, 15) is 4.79 Å². The van der Waals surface area contributed by atoms with Crippen LogP contribution >= 0.6 is 24.2 Å². The van der Waals surface area contributed by atoms with Crippen LogP contribution in [0.2, 0.25) is 5.02 Å². The van der Waals surface area contributed by atoms with Gasteiger partial charge in [0.25, 0.3) is 5.56 Å². The lowest BCUT2D eigenvalue weighted by Crippen LogP contribution is -2.21. The number of aryl methyl sites for hydroxylation is 2. The summed E-state index contributed by atoms with van der Waals surface area (Å²) in [5.41, 5.74) is 2.77. The van der Waals surface area contributed by atoms with Gasteiger partial charge in [0.05, 0.1) is 28.7 Å². The standard InChI is InChI=1S/C17H15ClN2O2S/c1-9-4-5-13-11(6-9)16(21)20(17(23)19-13)14-8-15(22-3)10(2)7-12(14)18/h4-8H,1-3H3,(H,19,23). The van der Waals surface area contributed by atoms with Gasteiger partial charge >= 0.3 is 0 Å². The highest BCUT2D eigenvalue weighted by molar-refractivity contribution is 7.80. The number of nitrogens with zero attached hydrogens (tertiary/aromatic N) is 2. The number of benzene rings is 2. The maximum atomic E-state index is 12.9. The Bertz CT molecular complexity index is 982. The van der Waals surface area contributed by atoms with Gasteiger partial charge in [-0.05, 0) is 37.6 Å². The van der Waals surface area contributed by atoms with Crippen LogP contribution in [-0.2, 0) is 0 Å². The van der Waals surface area contributed by atoms with E-state index in [0.29, 0.717) is 27.4 Å². The van der Waals surface area contributed by atoms with Crippen LogP contribution < -0.4 is 10.3 Å². The Balaban J connectivity index is 2.39. The molecule has 0 atom stereocenters. The molecule has 1 heterocycles. The summed E-state index contributed by atoms with van der Waals surface area (Å²) >= 11 is 10.7. The third-order valence-electron chi connectivity index (χ3n) is 3.71. The van der Waals surface area contributed by atoms with E-state index >= 15 is 0 Å². The van der Waals surface area contributed by atoms with Crippen LogP contribution in [0.5, 0.6) is 5.75 Å². The van der Waals surface area contributed by atoms with E-state index in [1.54, 1.807) is 19.2 Å². The van der Waals surface area contributed by atoms with Crippen molar-refractivity contribution in [2.45, 2.75) is 19.0 Å². The molecule has 0 amide bonds. The number of rotatable bonds is 2. The van der Waals surface area contributed by atoms with Gasteiger partial charge in [-0.2, -0.15) is 0 Å². The van der Waals surface area contributed by atoms with E-state index in [0.717, 1.165) is 11.1 Å². The van der Waals surface area contributed by atoms with Gasteiger partial charge in [0.1, 0.15) is 5.75 Å². The Morgan fingerprint density at radius 2 is 1.96 bits per heavy atom. The molecule has 0 saturated carbocycles. The fourth-order valence-corrected chi connectivity index (χ4v) is 3.15. The molecule has 0 N–H and O–H groups in total. The molecular weight excluding hydrogens is 332 g/mol. The molecule has 1 aromatic heterocycles. The first-order valence-corrected chi connectivity index (χ1v) is 7.82. The third kappa shape index (κ3) is 2.71. The number of halogens is 1. The van der Waals surface area contributed by atoms with Crippen molar-refractivity contribution in [3.05, 3.63) is 56.8 Å². The van der Waals surface area contributed by atoms with Gasteiger partial charge in [-0.1, -0.05) is 23.2 Å².